The molecule has 0 aromatic carbocycles. The molecule has 82 valence electrons. The Kier molecular flexibility index (Phi) is 4.79. The normalized spacial score (nSPS) is 37.6. The summed E-state index contributed by atoms with van der Waals surface area (Å²) < 4.78 is 0.300. The molecule has 0 heterocycles. The number of allylic oxidation sites excluding steroid dienone is 2. The molecule has 0 N–H and O–H groups in total. The van der Waals surface area contributed by atoms with Gasteiger partial charge in [-0.2, -0.15) is 0 Å². The van der Waals surface area contributed by atoms with E-state index in [4.69, 9.17) is 0 Å². The maximum atomic E-state index is 3.76. The van der Waals surface area contributed by atoms with Crippen LogP contribution in [0.2, 0.25) is 0 Å². The molecule has 3 atom stereocenters. The molecule has 0 spiro atoms. The van der Waals surface area contributed by atoms with Gasteiger partial charge in [-0.05, 0) is 26.7 Å². The van der Waals surface area contributed by atoms with Crippen molar-refractivity contribution in [3.8, 4) is 0 Å². The molecule has 0 aliphatic heterocycles. The highest BCUT2D eigenvalue weighted by Crippen LogP contribution is 2.44. The number of halogens is 4. The van der Waals surface area contributed by atoms with Crippen molar-refractivity contribution in [2.75, 3.05) is 5.33 Å². The molecule has 0 aromatic rings. The summed E-state index contributed by atoms with van der Waals surface area (Å²) in [5.74, 6) is 0. The standard InChI is InChI=1S/C10H14Br4/c1-9(13)4-3-7(5-8(9)12)10(2,14)6-11/h3,8H,4-6H2,1-2H3/t8-,9-,10-/m1/s1. The Hall–Kier alpha value is 1.66. The first-order chi connectivity index (χ1) is 6.29. The Morgan fingerprint density at radius 2 is 2.21 bits per heavy atom. The second-order valence-corrected chi connectivity index (χ2v) is 9.44. The number of hydrogen-bond donors (Lipinski definition) is 0. The topological polar surface area (TPSA) is 0 Å². The van der Waals surface area contributed by atoms with E-state index in [1.165, 1.54) is 5.57 Å². The van der Waals surface area contributed by atoms with Crippen molar-refractivity contribution < 1.29 is 0 Å². The van der Waals surface area contributed by atoms with E-state index in [-0.39, 0.29) is 8.65 Å². The molecule has 0 saturated carbocycles. The van der Waals surface area contributed by atoms with Crippen LogP contribution in [-0.4, -0.2) is 18.8 Å². The Morgan fingerprint density at radius 1 is 1.64 bits per heavy atom. The molecule has 0 bridgehead atoms. The highest BCUT2D eigenvalue weighted by Gasteiger charge is 2.37. The zero-order chi connectivity index (χ0) is 11.0. The van der Waals surface area contributed by atoms with E-state index in [2.05, 4.69) is 83.6 Å². The van der Waals surface area contributed by atoms with Crippen molar-refractivity contribution >= 4 is 63.7 Å². The molecule has 0 unspecified atom stereocenters. The molecular weight excluding hydrogens is 440 g/mol. The van der Waals surface area contributed by atoms with Crippen LogP contribution in [0.25, 0.3) is 0 Å². The summed E-state index contributed by atoms with van der Waals surface area (Å²) in [7, 11) is 0. The lowest BCUT2D eigenvalue weighted by molar-refractivity contribution is 0.576. The number of alkyl halides is 4. The highest BCUT2D eigenvalue weighted by molar-refractivity contribution is 9.13. The van der Waals surface area contributed by atoms with E-state index in [1.807, 2.05) is 0 Å². The second kappa shape index (κ2) is 4.89. The minimum atomic E-state index is 0.0997. The molecule has 1 rings (SSSR count). The van der Waals surface area contributed by atoms with Crippen LogP contribution in [0, 0.1) is 0 Å². The van der Waals surface area contributed by atoms with E-state index in [0.29, 0.717) is 4.83 Å². The quantitative estimate of drug-likeness (QED) is 0.399. The Labute approximate surface area is 120 Å². The van der Waals surface area contributed by atoms with Crippen molar-refractivity contribution in [2.24, 2.45) is 0 Å². The maximum absolute atomic E-state index is 3.76. The average Bonchev–Trinajstić information content (AvgIpc) is 2.09. The van der Waals surface area contributed by atoms with Crippen LogP contribution < -0.4 is 0 Å². The molecule has 0 amide bonds. The van der Waals surface area contributed by atoms with Gasteiger partial charge in [0.25, 0.3) is 0 Å². The van der Waals surface area contributed by atoms with Gasteiger partial charge in [0.1, 0.15) is 0 Å². The summed E-state index contributed by atoms with van der Waals surface area (Å²) in [6.07, 6.45) is 4.52. The molecule has 0 aromatic heterocycles. The van der Waals surface area contributed by atoms with E-state index in [0.717, 1.165) is 18.2 Å². The molecular formula is C10H14Br4. The second-order valence-electron chi connectivity index (χ2n) is 4.21. The summed E-state index contributed by atoms with van der Waals surface area (Å²) in [4.78, 5) is 0.505. The first-order valence-electron chi connectivity index (χ1n) is 4.57. The van der Waals surface area contributed by atoms with Gasteiger partial charge in [0.15, 0.2) is 0 Å². The Balaban J connectivity index is 2.82. The van der Waals surface area contributed by atoms with Gasteiger partial charge in [0.2, 0.25) is 0 Å². The summed E-state index contributed by atoms with van der Waals surface area (Å²) in [5.41, 5.74) is 1.48. The largest absolute Gasteiger partial charge is 0.0909 e. The van der Waals surface area contributed by atoms with Crippen LogP contribution in [0.5, 0.6) is 0 Å². The third-order valence-electron chi connectivity index (χ3n) is 2.72. The van der Waals surface area contributed by atoms with Crippen molar-refractivity contribution in [1.29, 1.82) is 0 Å². The van der Waals surface area contributed by atoms with Gasteiger partial charge < -0.3 is 0 Å². The fourth-order valence-electron chi connectivity index (χ4n) is 1.45. The van der Waals surface area contributed by atoms with Gasteiger partial charge in [0.05, 0.1) is 4.32 Å². The predicted octanol–water partition coefficient (Wildman–Crippen LogP) is 5.17. The van der Waals surface area contributed by atoms with Gasteiger partial charge in [-0.1, -0.05) is 75.4 Å². The van der Waals surface area contributed by atoms with Crippen molar-refractivity contribution in [3.63, 3.8) is 0 Å². The minimum Gasteiger partial charge on any atom is -0.0909 e. The third-order valence-corrected chi connectivity index (χ3v) is 8.21. The van der Waals surface area contributed by atoms with Crippen LogP contribution in [0.4, 0.5) is 0 Å². The van der Waals surface area contributed by atoms with E-state index in [1.54, 1.807) is 0 Å². The number of hydrogen-bond acceptors (Lipinski definition) is 0. The van der Waals surface area contributed by atoms with Gasteiger partial charge in [-0.15, -0.1) is 0 Å². The van der Waals surface area contributed by atoms with Gasteiger partial charge in [-0.3, -0.25) is 0 Å². The van der Waals surface area contributed by atoms with Crippen LogP contribution in [-0.2, 0) is 0 Å². The monoisotopic (exact) mass is 450 g/mol. The molecule has 0 saturated heterocycles. The SMILES string of the molecule is C[C@@](Br)(CBr)C1=CC[C@@](C)(Br)[C@H](Br)C1. The zero-order valence-corrected chi connectivity index (χ0v) is 14.6. The summed E-state index contributed by atoms with van der Waals surface area (Å²) in [6.45, 7) is 4.45. The lowest BCUT2D eigenvalue weighted by Gasteiger charge is -2.36. The fraction of sp³-hybridized carbons (Fsp3) is 0.800. The average molecular weight is 454 g/mol. The van der Waals surface area contributed by atoms with Crippen molar-refractivity contribution in [3.05, 3.63) is 11.6 Å². The first-order valence-corrected chi connectivity index (χ1v) is 8.19. The van der Waals surface area contributed by atoms with Gasteiger partial charge >= 0.3 is 0 Å². The highest BCUT2D eigenvalue weighted by atomic mass is 79.9. The van der Waals surface area contributed by atoms with Gasteiger partial charge in [0, 0.05) is 14.5 Å². The predicted molar refractivity (Wildman–Crippen MR) is 78.5 cm³/mol. The van der Waals surface area contributed by atoms with E-state index < -0.39 is 0 Å². The summed E-state index contributed by atoms with van der Waals surface area (Å²) >= 11 is 14.8. The maximum Gasteiger partial charge on any atom is 0.0534 e. The Morgan fingerprint density at radius 3 is 2.64 bits per heavy atom. The van der Waals surface area contributed by atoms with Crippen LogP contribution >= 0.6 is 63.7 Å². The molecule has 4 heteroatoms. The van der Waals surface area contributed by atoms with Crippen molar-refractivity contribution in [2.45, 2.75) is 40.2 Å². The first kappa shape index (κ1) is 13.7. The lowest BCUT2D eigenvalue weighted by Crippen LogP contribution is -2.35. The zero-order valence-electron chi connectivity index (χ0n) is 8.29. The molecule has 0 fully saturated rings. The Bertz CT molecular complexity index is 243. The summed E-state index contributed by atoms with van der Waals surface area (Å²) in [5, 5.41) is 0.949. The lowest BCUT2D eigenvalue weighted by atomic mass is 9.85. The van der Waals surface area contributed by atoms with Crippen LogP contribution in [0.3, 0.4) is 0 Å². The van der Waals surface area contributed by atoms with Crippen LogP contribution in [0.15, 0.2) is 11.6 Å². The van der Waals surface area contributed by atoms with Crippen LogP contribution in [0.1, 0.15) is 26.7 Å². The molecule has 1 aliphatic rings. The van der Waals surface area contributed by atoms with E-state index >= 15 is 0 Å². The number of rotatable bonds is 2. The third kappa shape index (κ3) is 3.08. The smallest absolute Gasteiger partial charge is 0.0534 e. The fourth-order valence-corrected chi connectivity index (χ4v) is 2.99. The molecule has 0 nitrogen and oxygen atoms in total. The van der Waals surface area contributed by atoms with Gasteiger partial charge in [-0.25, -0.2) is 0 Å². The molecule has 14 heavy (non-hydrogen) atoms. The summed E-state index contributed by atoms with van der Waals surface area (Å²) in [6, 6.07) is 0. The minimum absolute atomic E-state index is 0.0997. The van der Waals surface area contributed by atoms with E-state index in [9.17, 15) is 0 Å². The van der Waals surface area contributed by atoms with Crippen molar-refractivity contribution in [1.82, 2.24) is 0 Å². The molecule has 0 radical (unpaired) electrons. The molecule has 1 aliphatic carbocycles.